The quantitative estimate of drug-likeness (QED) is 0.146. The van der Waals surface area contributed by atoms with Gasteiger partial charge in [0.05, 0.1) is 23.0 Å². The first-order valence-electron chi connectivity index (χ1n) is 8.49. The molecule has 0 aromatic carbocycles. The Kier molecular flexibility index (Phi) is 13.3. The van der Waals surface area contributed by atoms with Crippen molar-refractivity contribution in [3.05, 3.63) is 0 Å². The van der Waals surface area contributed by atoms with Crippen LogP contribution in [0.5, 0.6) is 0 Å². The van der Waals surface area contributed by atoms with Crippen LogP contribution in [0.25, 0.3) is 0 Å². The van der Waals surface area contributed by atoms with Gasteiger partial charge in [-0.25, -0.2) is 0 Å². The van der Waals surface area contributed by atoms with Crippen LogP contribution in [0.1, 0.15) is 38.5 Å². The van der Waals surface area contributed by atoms with Crippen molar-refractivity contribution in [3.8, 4) is 0 Å². The first kappa shape index (κ1) is 30.3. The second-order valence-electron chi connectivity index (χ2n) is 6.44. The van der Waals surface area contributed by atoms with E-state index in [2.05, 4.69) is 0 Å². The lowest BCUT2D eigenvalue weighted by Gasteiger charge is -2.20. The Hall–Kier alpha value is 0.340. The average Bonchev–Trinajstić information content (AvgIpc) is 2.49. The minimum Gasteiger partial charge on any atom is -0.286 e. The highest BCUT2D eigenvalue weighted by Crippen LogP contribution is 2.38. The van der Waals surface area contributed by atoms with E-state index in [1.165, 1.54) is 0 Å². The summed E-state index contributed by atoms with van der Waals surface area (Å²) in [7, 11) is -14.7. The van der Waals surface area contributed by atoms with Gasteiger partial charge in [0.2, 0.25) is 0 Å². The van der Waals surface area contributed by atoms with Gasteiger partial charge in [0.25, 0.3) is 40.5 Å². The van der Waals surface area contributed by atoms with Gasteiger partial charge in [0, 0.05) is 10.5 Å². The zero-order chi connectivity index (χ0) is 23.6. The Labute approximate surface area is 185 Å². The van der Waals surface area contributed by atoms with Crippen molar-refractivity contribution in [2.75, 3.05) is 23.0 Å². The maximum atomic E-state index is 11.0. The molecule has 0 aliphatic rings. The molecule has 18 heteroatoms. The molecule has 0 heterocycles. The monoisotopic (exact) mass is 554 g/mol. The van der Waals surface area contributed by atoms with Crippen LogP contribution in [-0.4, -0.2) is 85.4 Å². The van der Waals surface area contributed by atoms with E-state index in [1.807, 2.05) is 0 Å². The molecule has 182 valence electrons. The van der Waals surface area contributed by atoms with Crippen LogP contribution in [0.15, 0.2) is 0 Å². The van der Waals surface area contributed by atoms with E-state index in [0.29, 0.717) is 0 Å². The molecule has 2 unspecified atom stereocenters. The fraction of sp³-hybridized carbons (Fsp3) is 1.00. The third kappa shape index (κ3) is 21.6. The zero-order valence-corrected chi connectivity index (χ0v) is 20.6. The Bertz CT molecular complexity index is 844. The molecule has 12 nitrogen and oxygen atoms in total. The van der Waals surface area contributed by atoms with Crippen molar-refractivity contribution < 1.29 is 51.9 Å². The zero-order valence-electron chi connectivity index (χ0n) is 15.7. The molecule has 0 saturated heterocycles. The summed E-state index contributed by atoms with van der Waals surface area (Å²) >= 11 is 0. The summed E-state index contributed by atoms with van der Waals surface area (Å²) in [4.78, 5) is 0. The van der Waals surface area contributed by atoms with Gasteiger partial charge in [-0.1, -0.05) is 21.6 Å². The highest BCUT2D eigenvalue weighted by molar-refractivity contribution is 8.77. The van der Waals surface area contributed by atoms with Crippen LogP contribution in [0.3, 0.4) is 0 Å². The lowest BCUT2D eigenvalue weighted by molar-refractivity contribution is 0.474. The topological polar surface area (TPSA) is 217 Å². The molecule has 0 aromatic rings. The standard InChI is InChI=1S/C12H26O12S6/c13-27(14,15)7-1-3-11(5-9-29(19,20)21)25-26-12(6-10-30(22,23)24)4-2-8-28(16,17)18/h11-12H,1-10H2,(H,13,14,15)(H,16,17,18)(H,19,20,21)(H,22,23,24). The van der Waals surface area contributed by atoms with Gasteiger partial charge in [-0.15, -0.1) is 0 Å². The molecule has 30 heavy (non-hydrogen) atoms. The van der Waals surface area contributed by atoms with Gasteiger partial charge in [0.15, 0.2) is 0 Å². The second kappa shape index (κ2) is 13.1. The van der Waals surface area contributed by atoms with Crippen LogP contribution in [0.2, 0.25) is 0 Å². The van der Waals surface area contributed by atoms with Crippen molar-refractivity contribution in [3.63, 3.8) is 0 Å². The highest BCUT2D eigenvalue weighted by Gasteiger charge is 2.21. The van der Waals surface area contributed by atoms with Crippen molar-refractivity contribution in [1.82, 2.24) is 0 Å². The molecule has 0 amide bonds. The lowest BCUT2D eigenvalue weighted by Crippen LogP contribution is -2.16. The molecule has 0 radical (unpaired) electrons. The fourth-order valence-electron chi connectivity index (χ4n) is 2.19. The molecule has 0 bridgehead atoms. The smallest absolute Gasteiger partial charge is 0.264 e. The van der Waals surface area contributed by atoms with E-state index in [1.54, 1.807) is 0 Å². The van der Waals surface area contributed by atoms with Gasteiger partial charge in [-0.2, -0.15) is 33.7 Å². The Balaban J connectivity index is 4.99. The van der Waals surface area contributed by atoms with Gasteiger partial charge in [-0.05, 0) is 38.5 Å². The van der Waals surface area contributed by atoms with E-state index in [4.69, 9.17) is 18.2 Å². The third-order valence-corrected chi connectivity index (χ3v) is 10.3. The van der Waals surface area contributed by atoms with Gasteiger partial charge < -0.3 is 0 Å². The van der Waals surface area contributed by atoms with Crippen molar-refractivity contribution in [2.24, 2.45) is 0 Å². The summed E-state index contributed by atoms with van der Waals surface area (Å²) in [6.45, 7) is 0. The normalized spacial score (nSPS) is 15.7. The summed E-state index contributed by atoms with van der Waals surface area (Å²) < 4.78 is 123. The summed E-state index contributed by atoms with van der Waals surface area (Å²) in [6, 6.07) is 0. The summed E-state index contributed by atoms with van der Waals surface area (Å²) in [5.74, 6) is -2.26. The van der Waals surface area contributed by atoms with Gasteiger partial charge >= 0.3 is 0 Å². The maximum Gasteiger partial charge on any atom is 0.264 e. The fourth-order valence-corrected chi connectivity index (χ4v) is 8.08. The van der Waals surface area contributed by atoms with E-state index < -0.39 is 74.0 Å². The molecule has 2 atom stereocenters. The minimum atomic E-state index is -4.27. The number of rotatable bonds is 17. The predicted octanol–water partition coefficient (Wildman–Crippen LogP) is 0.997. The predicted molar refractivity (Wildman–Crippen MR) is 116 cm³/mol. The molecule has 0 rings (SSSR count). The van der Waals surface area contributed by atoms with E-state index in [0.717, 1.165) is 21.6 Å². The van der Waals surface area contributed by atoms with Gasteiger partial charge in [-0.3, -0.25) is 18.2 Å². The Morgan fingerprint density at radius 2 is 0.733 bits per heavy atom. The van der Waals surface area contributed by atoms with E-state index in [-0.39, 0.29) is 38.5 Å². The van der Waals surface area contributed by atoms with Gasteiger partial charge in [0.1, 0.15) is 0 Å². The van der Waals surface area contributed by atoms with Crippen molar-refractivity contribution in [2.45, 2.75) is 49.0 Å². The van der Waals surface area contributed by atoms with Crippen molar-refractivity contribution >= 4 is 62.1 Å². The molecular formula is C12H26O12S6. The number of hydrogen-bond donors (Lipinski definition) is 4. The first-order chi connectivity index (χ1) is 13.4. The molecule has 4 N–H and O–H groups in total. The highest BCUT2D eigenvalue weighted by atomic mass is 33.1. The maximum absolute atomic E-state index is 11.0. The van der Waals surface area contributed by atoms with E-state index in [9.17, 15) is 33.7 Å². The van der Waals surface area contributed by atoms with Crippen LogP contribution in [-0.2, 0) is 40.5 Å². The Morgan fingerprint density at radius 1 is 0.467 bits per heavy atom. The van der Waals surface area contributed by atoms with Crippen LogP contribution in [0, 0.1) is 0 Å². The largest absolute Gasteiger partial charge is 0.286 e. The second-order valence-corrected chi connectivity index (χ2v) is 15.6. The molecule has 0 spiro atoms. The van der Waals surface area contributed by atoms with E-state index >= 15 is 0 Å². The molecule has 0 fully saturated rings. The Morgan fingerprint density at radius 3 is 0.967 bits per heavy atom. The van der Waals surface area contributed by atoms with Crippen LogP contribution in [0.4, 0.5) is 0 Å². The van der Waals surface area contributed by atoms with Crippen LogP contribution < -0.4 is 0 Å². The minimum absolute atomic E-state index is 0.0149. The molecular weight excluding hydrogens is 529 g/mol. The summed E-state index contributed by atoms with van der Waals surface area (Å²) in [5.41, 5.74) is 0. The summed E-state index contributed by atoms with van der Waals surface area (Å²) in [6.07, 6.45) is 0.282. The first-order valence-corrected chi connectivity index (χ1v) is 17.2. The SMILES string of the molecule is O=S(=O)(O)CCCC(CCS(=O)(=O)O)SSC(CCCS(=O)(=O)O)CCS(=O)(=O)O. The third-order valence-electron chi connectivity index (χ3n) is 3.58. The molecule has 0 aliphatic heterocycles. The lowest BCUT2D eigenvalue weighted by atomic mass is 10.2. The van der Waals surface area contributed by atoms with Crippen molar-refractivity contribution in [1.29, 1.82) is 0 Å². The molecule has 0 aromatic heterocycles. The molecule has 0 saturated carbocycles. The van der Waals surface area contributed by atoms with Crippen LogP contribution >= 0.6 is 21.6 Å². The number of hydrogen-bond acceptors (Lipinski definition) is 10. The summed E-state index contributed by atoms with van der Waals surface area (Å²) in [5, 5.41) is -0.957. The average molecular weight is 555 g/mol. The molecule has 0 aliphatic carbocycles.